The summed E-state index contributed by atoms with van der Waals surface area (Å²) in [6.45, 7) is 5.44. The fourth-order valence-electron chi connectivity index (χ4n) is 4.72. The minimum absolute atomic E-state index is 0.0509. The maximum Gasteiger partial charge on any atom is 0.274 e. The van der Waals surface area contributed by atoms with Crippen molar-refractivity contribution in [2.45, 2.75) is 51.9 Å². The summed E-state index contributed by atoms with van der Waals surface area (Å²) in [6, 6.07) is 10.6. The van der Waals surface area contributed by atoms with E-state index in [0.717, 1.165) is 70.4 Å². The van der Waals surface area contributed by atoms with Gasteiger partial charge in [0, 0.05) is 45.3 Å². The molecule has 4 rings (SSSR count). The molecule has 2 aliphatic rings. The van der Waals surface area contributed by atoms with Gasteiger partial charge in [-0.05, 0) is 68.6 Å². The minimum Gasteiger partial charge on any atom is -0.343 e. The molecule has 2 aromatic rings. The van der Waals surface area contributed by atoms with E-state index in [1.165, 1.54) is 11.1 Å². The van der Waals surface area contributed by atoms with Crippen molar-refractivity contribution >= 4 is 11.8 Å². The molecule has 1 aromatic carbocycles. The van der Waals surface area contributed by atoms with Crippen molar-refractivity contribution in [3.63, 3.8) is 0 Å². The lowest BCUT2D eigenvalue weighted by Crippen LogP contribution is -2.39. The molecule has 2 fully saturated rings. The Kier molecular flexibility index (Phi) is 6.73. The first kappa shape index (κ1) is 21.6. The van der Waals surface area contributed by atoms with Gasteiger partial charge in [-0.2, -0.15) is 5.10 Å². The number of nitrogens with zero attached hydrogens (tertiary/aromatic N) is 4. The Morgan fingerprint density at radius 2 is 1.61 bits per heavy atom. The predicted octanol–water partition coefficient (Wildman–Crippen LogP) is 3.38. The average Bonchev–Trinajstić information content (AvgIpc) is 3.43. The molecule has 2 amide bonds. The number of aromatic nitrogens is 2. The third-order valence-electron chi connectivity index (χ3n) is 6.87. The maximum absolute atomic E-state index is 12.7. The molecule has 166 valence electrons. The zero-order chi connectivity index (χ0) is 21.8. The number of rotatable bonds is 6. The zero-order valence-electron chi connectivity index (χ0n) is 18.8. The molecular formula is C25H34N4O2. The summed E-state index contributed by atoms with van der Waals surface area (Å²) in [5.74, 6) is 0.954. The van der Waals surface area contributed by atoms with Gasteiger partial charge in [0.05, 0.1) is 0 Å². The van der Waals surface area contributed by atoms with Crippen LogP contribution in [0.3, 0.4) is 0 Å². The lowest BCUT2D eigenvalue weighted by atomic mass is 9.89. The van der Waals surface area contributed by atoms with E-state index in [1.807, 2.05) is 29.8 Å². The first-order valence-corrected chi connectivity index (χ1v) is 11.6. The highest BCUT2D eigenvalue weighted by atomic mass is 16.2. The topological polar surface area (TPSA) is 58.4 Å². The van der Waals surface area contributed by atoms with Gasteiger partial charge in [-0.1, -0.05) is 24.3 Å². The summed E-state index contributed by atoms with van der Waals surface area (Å²) >= 11 is 0. The standard InChI is InChI=1S/C25H34N4O2/c1-19-17-23(26-27(19)2)25(31)29-15-11-22(12-16-29)18-21-7-5-20(6-8-21)9-10-24(30)28-13-3-4-14-28/h5-8,17,22H,3-4,9-16,18H2,1-2H3. The van der Waals surface area contributed by atoms with Crippen LogP contribution in [0.1, 0.15) is 59.4 Å². The molecule has 0 N–H and O–H groups in total. The van der Waals surface area contributed by atoms with Crippen molar-refractivity contribution in [1.82, 2.24) is 19.6 Å². The van der Waals surface area contributed by atoms with Crippen LogP contribution in [0, 0.1) is 12.8 Å². The van der Waals surface area contributed by atoms with Crippen LogP contribution in [-0.2, 0) is 24.7 Å². The van der Waals surface area contributed by atoms with E-state index in [-0.39, 0.29) is 5.91 Å². The SMILES string of the molecule is Cc1cc(C(=O)N2CCC(Cc3ccc(CCC(=O)N4CCCC4)cc3)CC2)nn1C. The Labute approximate surface area is 185 Å². The van der Waals surface area contributed by atoms with Gasteiger partial charge < -0.3 is 9.80 Å². The van der Waals surface area contributed by atoms with Crippen molar-refractivity contribution in [2.24, 2.45) is 13.0 Å². The van der Waals surface area contributed by atoms with Gasteiger partial charge in [0.2, 0.25) is 5.91 Å². The third kappa shape index (κ3) is 5.35. The lowest BCUT2D eigenvalue weighted by molar-refractivity contribution is -0.130. The van der Waals surface area contributed by atoms with Crippen LogP contribution in [0.5, 0.6) is 0 Å². The number of carbonyl (C=O) groups is 2. The summed E-state index contributed by atoms with van der Waals surface area (Å²) < 4.78 is 1.76. The molecule has 0 saturated carbocycles. The molecular weight excluding hydrogens is 388 g/mol. The van der Waals surface area contributed by atoms with E-state index in [1.54, 1.807) is 4.68 Å². The first-order chi connectivity index (χ1) is 15.0. The normalized spacial score (nSPS) is 17.4. The molecule has 0 unspecified atom stereocenters. The van der Waals surface area contributed by atoms with E-state index in [0.29, 0.717) is 23.9 Å². The zero-order valence-corrected chi connectivity index (χ0v) is 18.8. The molecule has 2 aliphatic heterocycles. The molecule has 1 aromatic heterocycles. The quantitative estimate of drug-likeness (QED) is 0.717. The number of aryl methyl sites for hydroxylation is 3. The summed E-state index contributed by atoms with van der Waals surface area (Å²) in [6.07, 6.45) is 6.85. The Morgan fingerprint density at radius 1 is 0.968 bits per heavy atom. The number of benzene rings is 1. The smallest absolute Gasteiger partial charge is 0.274 e. The summed E-state index contributed by atoms with van der Waals surface area (Å²) in [5, 5.41) is 4.33. The van der Waals surface area contributed by atoms with Gasteiger partial charge >= 0.3 is 0 Å². The van der Waals surface area contributed by atoms with Gasteiger partial charge in [-0.15, -0.1) is 0 Å². The Bertz CT molecular complexity index is 885. The Morgan fingerprint density at radius 3 is 2.23 bits per heavy atom. The van der Waals surface area contributed by atoms with Crippen LogP contribution < -0.4 is 0 Å². The van der Waals surface area contributed by atoms with Crippen molar-refractivity contribution in [3.05, 3.63) is 52.8 Å². The van der Waals surface area contributed by atoms with Gasteiger partial charge in [-0.3, -0.25) is 14.3 Å². The molecule has 0 aliphatic carbocycles. The second kappa shape index (κ2) is 9.67. The van der Waals surface area contributed by atoms with E-state index >= 15 is 0 Å². The van der Waals surface area contributed by atoms with Crippen LogP contribution in [0.4, 0.5) is 0 Å². The largest absolute Gasteiger partial charge is 0.343 e. The highest BCUT2D eigenvalue weighted by Gasteiger charge is 2.25. The molecule has 0 spiro atoms. The van der Waals surface area contributed by atoms with E-state index in [4.69, 9.17) is 0 Å². The first-order valence-electron chi connectivity index (χ1n) is 11.6. The van der Waals surface area contributed by atoms with Gasteiger partial charge in [-0.25, -0.2) is 0 Å². The molecule has 6 heteroatoms. The lowest BCUT2D eigenvalue weighted by Gasteiger charge is -2.31. The molecule has 6 nitrogen and oxygen atoms in total. The number of hydrogen-bond donors (Lipinski definition) is 0. The maximum atomic E-state index is 12.7. The fraction of sp³-hybridized carbons (Fsp3) is 0.560. The Hall–Kier alpha value is -2.63. The van der Waals surface area contributed by atoms with Gasteiger partial charge in [0.15, 0.2) is 5.69 Å². The monoisotopic (exact) mass is 422 g/mol. The van der Waals surface area contributed by atoms with Crippen molar-refractivity contribution < 1.29 is 9.59 Å². The third-order valence-corrected chi connectivity index (χ3v) is 6.87. The number of piperidine rings is 1. The number of amides is 2. The average molecular weight is 423 g/mol. The molecule has 3 heterocycles. The van der Waals surface area contributed by atoms with Crippen LogP contribution in [0.2, 0.25) is 0 Å². The second-order valence-corrected chi connectivity index (χ2v) is 9.14. The number of likely N-dealkylation sites (tertiary alicyclic amines) is 2. The summed E-state index contributed by atoms with van der Waals surface area (Å²) in [7, 11) is 1.87. The van der Waals surface area contributed by atoms with Crippen molar-refractivity contribution in [2.75, 3.05) is 26.2 Å². The summed E-state index contributed by atoms with van der Waals surface area (Å²) in [5.41, 5.74) is 4.14. The van der Waals surface area contributed by atoms with Crippen molar-refractivity contribution in [1.29, 1.82) is 0 Å². The predicted molar refractivity (Wildman–Crippen MR) is 121 cm³/mol. The molecule has 2 saturated heterocycles. The highest BCUT2D eigenvalue weighted by Crippen LogP contribution is 2.23. The molecule has 0 radical (unpaired) electrons. The van der Waals surface area contributed by atoms with Crippen LogP contribution in [0.15, 0.2) is 30.3 Å². The summed E-state index contributed by atoms with van der Waals surface area (Å²) in [4.78, 5) is 28.9. The van der Waals surface area contributed by atoms with Crippen LogP contribution in [0.25, 0.3) is 0 Å². The number of carbonyl (C=O) groups excluding carboxylic acids is 2. The van der Waals surface area contributed by atoms with E-state index < -0.39 is 0 Å². The van der Waals surface area contributed by atoms with Gasteiger partial charge in [0.25, 0.3) is 5.91 Å². The highest BCUT2D eigenvalue weighted by molar-refractivity contribution is 5.92. The second-order valence-electron chi connectivity index (χ2n) is 9.14. The van der Waals surface area contributed by atoms with Crippen LogP contribution >= 0.6 is 0 Å². The van der Waals surface area contributed by atoms with Gasteiger partial charge in [0.1, 0.15) is 0 Å². The molecule has 0 atom stereocenters. The minimum atomic E-state index is 0.0509. The fourth-order valence-corrected chi connectivity index (χ4v) is 4.72. The van der Waals surface area contributed by atoms with E-state index in [9.17, 15) is 9.59 Å². The number of hydrogen-bond acceptors (Lipinski definition) is 3. The Balaban J connectivity index is 1.22. The van der Waals surface area contributed by atoms with Crippen LogP contribution in [-0.4, -0.2) is 57.6 Å². The van der Waals surface area contributed by atoms with Crippen molar-refractivity contribution in [3.8, 4) is 0 Å². The van der Waals surface area contributed by atoms with E-state index in [2.05, 4.69) is 29.4 Å². The molecule has 31 heavy (non-hydrogen) atoms. The molecule has 0 bridgehead atoms.